The molecule has 11 heavy (non-hydrogen) atoms. The minimum absolute atomic E-state index is 0. The van der Waals surface area contributed by atoms with Crippen molar-refractivity contribution in [2.75, 3.05) is 0 Å². The van der Waals surface area contributed by atoms with Gasteiger partial charge in [-0.15, -0.1) is 0 Å². The van der Waals surface area contributed by atoms with Crippen LogP contribution in [0.1, 0.15) is 0 Å². The molecule has 0 aromatic rings. The zero-order chi connectivity index (χ0) is 0. The normalized spacial score (nSPS) is 0. The van der Waals surface area contributed by atoms with Crippen LogP contribution in [0.2, 0.25) is 0 Å². The zero-order valence-electron chi connectivity index (χ0n) is 4.46. The predicted molar refractivity (Wildman–Crippen MR) is 4.81 cm³/mol. The third-order valence-corrected chi connectivity index (χ3v) is 0. The second kappa shape index (κ2) is 164. The fraction of sp³-hybridized carbons (Fsp3) is 0. The van der Waals surface area contributed by atoms with Gasteiger partial charge in [0.05, 0.1) is 0 Å². The molecular weight excluding hydrogens is 604 g/mol. The van der Waals surface area contributed by atoms with Crippen LogP contribution >= 0.6 is 0 Å². The summed E-state index contributed by atoms with van der Waals surface area (Å²) >= 11 is 0. The van der Waals surface area contributed by atoms with Crippen LogP contribution in [-0.4, -0.2) is 0 Å². The van der Waals surface area contributed by atoms with E-state index in [4.69, 9.17) is 0 Å². The Hall–Kier alpha value is 3.64. The van der Waals surface area contributed by atoms with Gasteiger partial charge in [-0.1, -0.05) is 0 Å². The Bertz CT molecular complexity index is 14.4. The van der Waals surface area contributed by atoms with Crippen LogP contribution in [0, 0.1) is 80.8 Å². The monoisotopic (exact) mass is 606 g/mol. The number of hydrogen-bond acceptors (Lipinski definition) is 0. The van der Waals surface area contributed by atoms with E-state index in [2.05, 4.69) is 0 Å². The first-order valence-corrected chi connectivity index (χ1v) is 0. The first-order chi connectivity index (χ1) is 0. The topological polar surface area (TPSA) is 200 Å². The van der Waals surface area contributed by atoms with Crippen molar-refractivity contribution in [2.45, 2.75) is 0 Å². The van der Waals surface area contributed by atoms with Crippen molar-refractivity contribution in [3.63, 3.8) is 0 Å². The Morgan fingerprint density at radius 3 is 0.273 bits per heavy atom. The molecule has 0 aliphatic rings. The van der Waals surface area contributed by atoms with Gasteiger partial charge in [0.1, 0.15) is 0 Å². The fourth-order valence-electron chi connectivity index (χ4n) is 0. The zero-order valence-corrected chi connectivity index (χ0v) is 13.7. The van der Waals surface area contributed by atoms with E-state index in [1.54, 1.807) is 0 Å². The van der Waals surface area contributed by atoms with Gasteiger partial charge in [-0.05, 0) is 0 Å². The molecule has 0 saturated carbocycles. The summed E-state index contributed by atoms with van der Waals surface area (Å²) in [6.45, 7) is 0. The van der Waals surface area contributed by atoms with E-state index in [1.807, 2.05) is 0 Å². The SMILES string of the molecule is [O-2].[O-2].[O-2].[O-2].[O-2].[O-2].[O-2].[Pm+3].[Pm+3].[Ru+4].[Ru+4]. The summed E-state index contributed by atoms with van der Waals surface area (Å²) in [5.74, 6) is 0. The van der Waals surface area contributed by atoms with E-state index < -0.39 is 0 Å². The summed E-state index contributed by atoms with van der Waals surface area (Å²) in [7, 11) is 0. The molecule has 7 nitrogen and oxygen atoms in total. The molecule has 0 spiro atoms. The van der Waals surface area contributed by atoms with Crippen LogP contribution in [0.5, 0.6) is 0 Å². The van der Waals surface area contributed by atoms with Crippen LogP contribution in [0.15, 0.2) is 0 Å². The maximum Gasteiger partial charge on any atom is 4.00 e. The van der Waals surface area contributed by atoms with Crippen molar-refractivity contribution in [2.24, 2.45) is 0 Å². The summed E-state index contributed by atoms with van der Waals surface area (Å²) in [6, 6.07) is 0. The van der Waals surface area contributed by atoms with Gasteiger partial charge in [0.25, 0.3) is 0 Å². The van der Waals surface area contributed by atoms with Crippen LogP contribution in [0.25, 0.3) is 0 Å². The maximum absolute atomic E-state index is 0. The van der Waals surface area contributed by atoms with Gasteiger partial charge in [-0.3, -0.25) is 0 Å². The minimum Gasteiger partial charge on any atom is -2.00 e. The molecule has 0 atom stereocenters. The van der Waals surface area contributed by atoms with Crippen molar-refractivity contribution in [1.29, 1.82) is 0 Å². The molecule has 0 aromatic carbocycles. The third kappa shape index (κ3) is 139. The van der Waals surface area contributed by atoms with Gasteiger partial charge in [-0.25, -0.2) is 0 Å². The molecule has 0 amide bonds. The Morgan fingerprint density at radius 2 is 0.273 bits per heavy atom. The molecule has 0 bridgehead atoms. The van der Waals surface area contributed by atoms with Crippen molar-refractivity contribution in [3.05, 3.63) is 0 Å². The van der Waals surface area contributed by atoms with Crippen molar-refractivity contribution in [3.8, 4) is 0 Å². The molecule has 0 radical (unpaired) electrons. The van der Waals surface area contributed by atoms with E-state index in [-0.39, 0.29) is 158 Å². The van der Waals surface area contributed by atoms with E-state index in [0.29, 0.717) is 0 Å². The molecule has 0 aromatic heterocycles. The number of hydrogen-bond donors (Lipinski definition) is 0. The summed E-state index contributed by atoms with van der Waals surface area (Å²) < 4.78 is 0. The molecule has 0 saturated heterocycles. The fourth-order valence-corrected chi connectivity index (χ4v) is 0. The van der Waals surface area contributed by atoms with Crippen LogP contribution in [-0.2, 0) is 77.3 Å². The van der Waals surface area contributed by atoms with Gasteiger partial charge in [0, 0.05) is 0 Å². The first kappa shape index (κ1) is 205. The Kier molecular flexibility index (Phi) is 3070. The van der Waals surface area contributed by atoms with E-state index in [0.717, 1.165) is 0 Å². The molecular formula is O7Pm2Ru2. The number of rotatable bonds is 0. The molecule has 0 N–H and O–H groups in total. The van der Waals surface area contributed by atoms with Gasteiger partial charge in [-0.2, -0.15) is 0 Å². The summed E-state index contributed by atoms with van der Waals surface area (Å²) in [5.41, 5.74) is 0. The average Bonchev–Trinajstić information content (AvgIpc) is 0. The van der Waals surface area contributed by atoms with Crippen LogP contribution in [0.4, 0.5) is 0 Å². The molecule has 11 heteroatoms. The minimum atomic E-state index is 0. The molecule has 0 heterocycles. The molecule has 0 aliphatic heterocycles. The van der Waals surface area contributed by atoms with Gasteiger partial charge in [0.2, 0.25) is 0 Å². The molecule has 68 valence electrons. The first-order valence-electron chi connectivity index (χ1n) is 0. The Labute approximate surface area is 155 Å². The van der Waals surface area contributed by atoms with Crippen molar-refractivity contribution in [1.82, 2.24) is 0 Å². The summed E-state index contributed by atoms with van der Waals surface area (Å²) in [5, 5.41) is 0. The van der Waals surface area contributed by atoms with Crippen LogP contribution < -0.4 is 0 Å². The maximum atomic E-state index is 0. The predicted octanol–water partition coefficient (Wildman–Crippen LogP) is -0.837. The van der Waals surface area contributed by atoms with E-state index >= 15 is 0 Å². The van der Waals surface area contributed by atoms with Gasteiger partial charge >= 0.3 is 120 Å². The van der Waals surface area contributed by atoms with E-state index in [1.165, 1.54) is 0 Å². The van der Waals surface area contributed by atoms with Gasteiger partial charge in [0.15, 0.2) is 0 Å². The average molecular weight is 604 g/mol. The third-order valence-electron chi connectivity index (χ3n) is 0. The molecule has 0 fully saturated rings. The standard InChI is InChI=1S/7O.2Pm.2Ru/q7*-2;2*+3;2*+4. The quantitative estimate of drug-likeness (QED) is 0.311. The Morgan fingerprint density at radius 1 is 0.273 bits per heavy atom. The summed E-state index contributed by atoms with van der Waals surface area (Å²) in [4.78, 5) is 0. The second-order valence-electron chi connectivity index (χ2n) is 0. The van der Waals surface area contributed by atoms with Gasteiger partial charge < -0.3 is 38.3 Å². The van der Waals surface area contributed by atoms with E-state index in [9.17, 15) is 0 Å². The molecule has 0 unspecified atom stereocenters. The smallest absolute Gasteiger partial charge is 2.00 e. The van der Waals surface area contributed by atoms with Crippen molar-refractivity contribution >= 4 is 0 Å². The largest absolute Gasteiger partial charge is 4.00 e. The summed E-state index contributed by atoms with van der Waals surface area (Å²) in [6.07, 6.45) is 0. The second-order valence-corrected chi connectivity index (χ2v) is 0. The Balaban J connectivity index is 0. The van der Waals surface area contributed by atoms with Crippen LogP contribution in [0.3, 0.4) is 0 Å². The molecule has 0 aliphatic carbocycles. The molecule has 0 rings (SSSR count). The van der Waals surface area contributed by atoms with Crippen molar-refractivity contribution < 1.29 is 158 Å².